The Labute approximate surface area is 127 Å². The van der Waals surface area contributed by atoms with Crippen LogP contribution in [0.5, 0.6) is 0 Å². The monoisotopic (exact) mass is 302 g/mol. The number of aromatic amines is 1. The molecule has 0 atom stereocenters. The van der Waals surface area contributed by atoms with Gasteiger partial charge in [0.05, 0.1) is 5.69 Å². The minimum absolute atomic E-state index is 0.584. The van der Waals surface area contributed by atoms with Crippen molar-refractivity contribution in [3.63, 3.8) is 0 Å². The lowest BCUT2D eigenvalue weighted by atomic mass is 10.1. The van der Waals surface area contributed by atoms with E-state index in [1.807, 2.05) is 25.3 Å². The summed E-state index contributed by atoms with van der Waals surface area (Å²) in [4.78, 5) is 7.81. The zero-order chi connectivity index (χ0) is 14.1. The number of aryl methyl sites for hydroxylation is 1. The molecule has 0 radical (unpaired) electrons. The molecule has 0 aliphatic carbocycles. The van der Waals surface area contributed by atoms with E-state index >= 15 is 0 Å². The van der Waals surface area contributed by atoms with Crippen molar-refractivity contribution in [1.82, 2.24) is 4.98 Å². The Bertz CT molecular complexity index is 783. The number of hydrogen-bond donors (Lipinski definition) is 1. The maximum atomic E-state index is 5.97. The summed E-state index contributed by atoms with van der Waals surface area (Å²) in [6, 6.07) is 13.4. The molecule has 100 valence electrons. The molecule has 0 aliphatic rings. The van der Waals surface area contributed by atoms with Crippen LogP contribution < -0.4 is 0 Å². The van der Waals surface area contributed by atoms with Crippen molar-refractivity contribution in [1.29, 1.82) is 0 Å². The predicted octanol–water partition coefficient (Wildman–Crippen LogP) is 5.53. The molecule has 0 saturated carbocycles. The Morgan fingerprint density at radius 1 is 1.05 bits per heavy atom. The Hall–Kier alpha value is -1.77. The van der Waals surface area contributed by atoms with Crippen LogP contribution in [0.15, 0.2) is 47.5 Å². The summed E-state index contributed by atoms with van der Waals surface area (Å²) in [6.45, 7) is 2.03. The summed E-state index contributed by atoms with van der Waals surface area (Å²) in [5.74, 6) is 0. The van der Waals surface area contributed by atoms with Gasteiger partial charge in [0, 0.05) is 38.4 Å². The first kappa shape index (κ1) is 13.2. The van der Waals surface area contributed by atoms with E-state index in [2.05, 4.69) is 22.1 Å². The molecule has 0 aliphatic heterocycles. The number of aliphatic imine (C=N–C) groups is 1. The number of H-pyrrole nitrogens is 1. The van der Waals surface area contributed by atoms with E-state index in [1.165, 1.54) is 0 Å². The Balaban J connectivity index is 2.04. The van der Waals surface area contributed by atoms with Gasteiger partial charge in [-0.1, -0.05) is 41.4 Å². The van der Waals surface area contributed by atoms with Crippen molar-refractivity contribution in [3.8, 4) is 0 Å². The smallest absolute Gasteiger partial charge is 0.0659 e. The number of rotatable bonds is 2. The number of fused-ring (bicyclic) bond motifs is 1. The topological polar surface area (TPSA) is 28.1 Å². The van der Waals surface area contributed by atoms with Crippen LogP contribution in [0, 0.1) is 6.92 Å². The molecular formula is C16H12Cl2N2. The highest BCUT2D eigenvalue weighted by atomic mass is 35.5. The van der Waals surface area contributed by atoms with Crippen molar-refractivity contribution >= 4 is 46.0 Å². The maximum absolute atomic E-state index is 5.97. The number of hydrogen-bond acceptors (Lipinski definition) is 1. The first-order valence-electron chi connectivity index (χ1n) is 6.21. The molecule has 0 saturated heterocycles. The first-order chi connectivity index (χ1) is 9.63. The first-order valence-corrected chi connectivity index (χ1v) is 6.96. The summed E-state index contributed by atoms with van der Waals surface area (Å²) in [6.07, 6.45) is 1.84. The van der Waals surface area contributed by atoms with Gasteiger partial charge in [0.2, 0.25) is 0 Å². The minimum atomic E-state index is 0.584. The van der Waals surface area contributed by atoms with Gasteiger partial charge in [0.15, 0.2) is 0 Å². The van der Waals surface area contributed by atoms with Gasteiger partial charge >= 0.3 is 0 Å². The lowest BCUT2D eigenvalue weighted by molar-refractivity contribution is 1.29. The van der Waals surface area contributed by atoms with Crippen LogP contribution >= 0.6 is 23.2 Å². The highest BCUT2D eigenvalue weighted by Crippen LogP contribution is 2.25. The van der Waals surface area contributed by atoms with Crippen LogP contribution in [0.25, 0.3) is 10.9 Å². The number of halogens is 2. The van der Waals surface area contributed by atoms with E-state index in [0.29, 0.717) is 10.0 Å². The van der Waals surface area contributed by atoms with Gasteiger partial charge in [-0.2, -0.15) is 0 Å². The number of nitrogens with zero attached hydrogens (tertiary/aromatic N) is 1. The van der Waals surface area contributed by atoms with Crippen LogP contribution in [0.2, 0.25) is 10.0 Å². The number of aromatic nitrogens is 1. The average molecular weight is 303 g/mol. The summed E-state index contributed by atoms with van der Waals surface area (Å²) in [5.41, 5.74) is 4.02. The van der Waals surface area contributed by atoms with Gasteiger partial charge in [0.1, 0.15) is 0 Å². The second-order valence-electron chi connectivity index (χ2n) is 4.60. The maximum Gasteiger partial charge on any atom is 0.0659 e. The fourth-order valence-corrected chi connectivity index (χ4v) is 2.73. The molecule has 1 heterocycles. The van der Waals surface area contributed by atoms with Gasteiger partial charge in [0.25, 0.3) is 0 Å². The average Bonchev–Trinajstić information content (AvgIpc) is 2.71. The number of benzene rings is 2. The SMILES string of the molecule is Cc1[nH]c2ccccc2c1C=Nc1cc(Cl)cc(Cl)c1. The molecule has 0 amide bonds. The zero-order valence-corrected chi connectivity index (χ0v) is 12.3. The lowest BCUT2D eigenvalue weighted by Crippen LogP contribution is -1.82. The molecule has 3 rings (SSSR count). The van der Waals surface area contributed by atoms with Crippen LogP contribution in [0.3, 0.4) is 0 Å². The normalized spacial score (nSPS) is 11.6. The van der Waals surface area contributed by atoms with E-state index < -0.39 is 0 Å². The molecule has 1 aromatic heterocycles. The van der Waals surface area contributed by atoms with E-state index in [4.69, 9.17) is 23.2 Å². The quantitative estimate of drug-likeness (QED) is 0.603. The van der Waals surface area contributed by atoms with Crippen molar-refractivity contribution in [2.24, 2.45) is 4.99 Å². The third kappa shape index (κ3) is 2.58. The summed E-state index contributed by atoms with van der Waals surface area (Å²) in [7, 11) is 0. The highest BCUT2D eigenvalue weighted by Gasteiger charge is 2.05. The molecule has 0 bridgehead atoms. The Morgan fingerprint density at radius 2 is 1.75 bits per heavy atom. The van der Waals surface area contributed by atoms with Crippen molar-refractivity contribution < 1.29 is 0 Å². The van der Waals surface area contributed by atoms with Gasteiger partial charge < -0.3 is 4.98 Å². The standard InChI is InChI=1S/C16H12Cl2N2/c1-10-15(14-4-2-3-5-16(14)20-10)9-19-13-7-11(17)6-12(18)8-13/h2-9,20H,1H3. The van der Waals surface area contributed by atoms with Gasteiger partial charge in [-0.05, 0) is 31.2 Å². The van der Waals surface area contributed by atoms with E-state index in [9.17, 15) is 0 Å². The van der Waals surface area contributed by atoms with Crippen molar-refractivity contribution in [2.75, 3.05) is 0 Å². The molecule has 20 heavy (non-hydrogen) atoms. The Kier molecular flexibility index (Phi) is 3.51. The third-order valence-corrected chi connectivity index (χ3v) is 3.57. The van der Waals surface area contributed by atoms with Crippen molar-refractivity contribution in [2.45, 2.75) is 6.92 Å². The molecular weight excluding hydrogens is 291 g/mol. The summed E-state index contributed by atoms with van der Waals surface area (Å²) < 4.78 is 0. The van der Waals surface area contributed by atoms with Gasteiger partial charge in [-0.15, -0.1) is 0 Å². The number of para-hydroxylation sites is 1. The molecule has 2 aromatic carbocycles. The molecule has 0 fully saturated rings. The fourth-order valence-electron chi connectivity index (χ4n) is 2.22. The van der Waals surface area contributed by atoms with Crippen LogP contribution in [0.1, 0.15) is 11.3 Å². The highest BCUT2D eigenvalue weighted by molar-refractivity contribution is 6.35. The van der Waals surface area contributed by atoms with Crippen molar-refractivity contribution in [3.05, 3.63) is 63.8 Å². The molecule has 4 heteroatoms. The van der Waals surface area contributed by atoms with Crippen LogP contribution in [-0.2, 0) is 0 Å². The van der Waals surface area contributed by atoms with E-state index in [0.717, 1.165) is 27.8 Å². The summed E-state index contributed by atoms with van der Waals surface area (Å²) >= 11 is 11.9. The van der Waals surface area contributed by atoms with Gasteiger partial charge in [-0.3, -0.25) is 4.99 Å². The molecule has 3 aromatic rings. The third-order valence-electron chi connectivity index (χ3n) is 3.13. The fraction of sp³-hybridized carbons (Fsp3) is 0.0625. The summed E-state index contributed by atoms with van der Waals surface area (Å²) in [5, 5.41) is 2.32. The minimum Gasteiger partial charge on any atom is -0.358 e. The molecule has 2 nitrogen and oxygen atoms in total. The predicted molar refractivity (Wildman–Crippen MR) is 86.8 cm³/mol. The van der Waals surface area contributed by atoms with E-state index in [-0.39, 0.29) is 0 Å². The number of nitrogens with one attached hydrogen (secondary N) is 1. The van der Waals surface area contributed by atoms with Crippen LogP contribution in [0.4, 0.5) is 5.69 Å². The second-order valence-corrected chi connectivity index (χ2v) is 5.47. The van der Waals surface area contributed by atoms with Crippen LogP contribution in [-0.4, -0.2) is 11.2 Å². The zero-order valence-electron chi connectivity index (χ0n) is 10.8. The molecule has 1 N–H and O–H groups in total. The van der Waals surface area contributed by atoms with Gasteiger partial charge in [-0.25, -0.2) is 0 Å². The lowest BCUT2D eigenvalue weighted by Gasteiger charge is -1.97. The van der Waals surface area contributed by atoms with E-state index in [1.54, 1.807) is 18.2 Å². The molecule has 0 unspecified atom stereocenters. The second kappa shape index (κ2) is 5.31. The largest absolute Gasteiger partial charge is 0.358 e. The molecule has 0 spiro atoms. The Morgan fingerprint density at radius 3 is 2.50 bits per heavy atom.